The zero-order valence-electron chi connectivity index (χ0n) is 12.1. The molecule has 0 amide bonds. The zero-order valence-corrected chi connectivity index (χ0v) is 12.1. The van der Waals surface area contributed by atoms with Crippen molar-refractivity contribution in [1.82, 2.24) is 20.3 Å². The smallest absolute Gasteiger partial charge is 0.234 e. The third kappa shape index (κ3) is 3.46. The van der Waals surface area contributed by atoms with Gasteiger partial charge < -0.3 is 15.0 Å². The molecule has 0 bridgehead atoms. The number of ether oxygens (including phenoxy) is 1. The summed E-state index contributed by atoms with van der Waals surface area (Å²) in [5.74, 6) is 1.41. The second kappa shape index (κ2) is 6.49. The summed E-state index contributed by atoms with van der Waals surface area (Å²) in [6.07, 6.45) is 6.97. The van der Waals surface area contributed by atoms with Gasteiger partial charge in [-0.3, -0.25) is 9.97 Å². The number of anilines is 1. The van der Waals surface area contributed by atoms with Crippen LogP contribution >= 0.6 is 0 Å². The Balaban J connectivity index is 1.68. The van der Waals surface area contributed by atoms with Crippen molar-refractivity contribution >= 4 is 5.82 Å². The summed E-state index contributed by atoms with van der Waals surface area (Å²) < 4.78 is 5.70. The minimum atomic E-state index is 0.404. The Bertz CT molecular complexity index is 577. The molecular weight excluding hydrogens is 266 g/mol. The highest BCUT2D eigenvalue weighted by Gasteiger charge is 2.19. The highest BCUT2D eigenvalue weighted by atomic mass is 16.5. The van der Waals surface area contributed by atoms with Gasteiger partial charge in [-0.1, -0.05) is 6.07 Å². The van der Waals surface area contributed by atoms with Crippen molar-refractivity contribution in [2.24, 2.45) is 0 Å². The van der Waals surface area contributed by atoms with Crippen LogP contribution in [0.1, 0.15) is 12.5 Å². The van der Waals surface area contributed by atoms with Crippen molar-refractivity contribution in [2.75, 3.05) is 24.5 Å². The largest absolute Gasteiger partial charge is 0.472 e. The van der Waals surface area contributed by atoms with Crippen LogP contribution in [0.2, 0.25) is 0 Å². The van der Waals surface area contributed by atoms with Gasteiger partial charge in [-0.05, 0) is 13.0 Å². The molecular formula is C15H19N5O. The molecule has 3 rings (SSSR count). The number of piperazine rings is 1. The lowest BCUT2D eigenvalue weighted by Crippen LogP contribution is -2.50. The van der Waals surface area contributed by atoms with Crippen LogP contribution in [-0.4, -0.2) is 40.6 Å². The maximum absolute atomic E-state index is 5.70. The standard InChI is InChI=1S/C15H19N5O/c1-12-7-17-5-6-20(12)14-9-18-10-15(19-14)21-11-13-3-2-4-16-8-13/h2-4,8-10,12,17H,5-7,11H2,1H3. The van der Waals surface area contributed by atoms with Crippen molar-refractivity contribution in [3.8, 4) is 5.88 Å². The normalized spacial score (nSPS) is 18.5. The van der Waals surface area contributed by atoms with Crippen molar-refractivity contribution < 1.29 is 4.74 Å². The molecule has 0 aliphatic carbocycles. The van der Waals surface area contributed by atoms with Crippen LogP contribution in [0.4, 0.5) is 5.82 Å². The van der Waals surface area contributed by atoms with Gasteiger partial charge in [0.05, 0.1) is 12.4 Å². The lowest BCUT2D eigenvalue weighted by molar-refractivity contribution is 0.292. The average Bonchev–Trinajstić information content (AvgIpc) is 2.55. The first-order valence-corrected chi connectivity index (χ1v) is 7.14. The predicted molar refractivity (Wildman–Crippen MR) is 80.3 cm³/mol. The van der Waals surface area contributed by atoms with Gasteiger partial charge in [-0.15, -0.1) is 0 Å². The molecule has 1 aliphatic heterocycles. The topological polar surface area (TPSA) is 63.2 Å². The first kappa shape index (κ1) is 13.8. The van der Waals surface area contributed by atoms with Crippen molar-refractivity contribution in [3.05, 3.63) is 42.5 Å². The maximum Gasteiger partial charge on any atom is 0.234 e. The van der Waals surface area contributed by atoms with Gasteiger partial charge >= 0.3 is 0 Å². The summed E-state index contributed by atoms with van der Waals surface area (Å²) in [7, 11) is 0. The van der Waals surface area contributed by atoms with E-state index in [4.69, 9.17) is 4.74 Å². The van der Waals surface area contributed by atoms with Gasteiger partial charge in [0, 0.05) is 43.6 Å². The first-order valence-electron chi connectivity index (χ1n) is 7.14. The molecule has 2 aromatic rings. The molecule has 110 valence electrons. The molecule has 1 atom stereocenters. The highest BCUT2D eigenvalue weighted by Crippen LogP contribution is 2.18. The fourth-order valence-corrected chi connectivity index (χ4v) is 2.37. The average molecular weight is 285 g/mol. The van der Waals surface area contributed by atoms with Gasteiger partial charge in [0.15, 0.2) is 5.82 Å². The Morgan fingerprint density at radius 2 is 2.29 bits per heavy atom. The molecule has 1 fully saturated rings. The molecule has 6 heteroatoms. The van der Waals surface area contributed by atoms with E-state index >= 15 is 0 Å². The number of aromatic nitrogens is 3. The third-order valence-corrected chi connectivity index (χ3v) is 3.50. The van der Waals surface area contributed by atoms with Crippen LogP contribution in [0.25, 0.3) is 0 Å². The third-order valence-electron chi connectivity index (χ3n) is 3.50. The lowest BCUT2D eigenvalue weighted by Gasteiger charge is -2.34. The highest BCUT2D eigenvalue weighted by molar-refractivity contribution is 5.39. The van der Waals surface area contributed by atoms with Gasteiger partial charge in [0.1, 0.15) is 6.61 Å². The minimum absolute atomic E-state index is 0.404. The molecule has 0 radical (unpaired) electrons. The molecule has 1 unspecified atom stereocenters. The number of rotatable bonds is 4. The van der Waals surface area contributed by atoms with E-state index in [-0.39, 0.29) is 0 Å². The Kier molecular flexibility index (Phi) is 4.25. The molecule has 1 aliphatic rings. The molecule has 2 aromatic heterocycles. The number of nitrogens with one attached hydrogen (secondary N) is 1. The summed E-state index contributed by atoms with van der Waals surface area (Å²) in [4.78, 5) is 15.1. The molecule has 0 aromatic carbocycles. The Hall–Kier alpha value is -2.21. The van der Waals surface area contributed by atoms with Crippen molar-refractivity contribution in [1.29, 1.82) is 0 Å². The van der Waals surface area contributed by atoms with Crippen LogP contribution < -0.4 is 15.0 Å². The van der Waals surface area contributed by atoms with Crippen molar-refractivity contribution in [2.45, 2.75) is 19.6 Å². The summed E-state index contributed by atoms with van der Waals surface area (Å²) in [5, 5.41) is 3.37. The summed E-state index contributed by atoms with van der Waals surface area (Å²) >= 11 is 0. The van der Waals surface area contributed by atoms with E-state index in [1.54, 1.807) is 24.8 Å². The van der Waals surface area contributed by atoms with Gasteiger partial charge in [0.25, 0.3) is 0 Å². The first-order chi connectivity index (χ1) is 10.3. The maximum atomic E-state index is 5.70. The summed E-state index contributed by atoms with van der Waals surface area (Å²) in [5.41, 5.74) is 1.01. The van der Waals surface area contributed by atoms with E-state index in [0.29, 0.717) is 18.5 Å². The van der Waals surface area contributed by atoms with E-state index < -0.39 is 0 Å². The summed E-state index contributed by atoms with van der Waals surface area (Å²) in [6, 6.07) is 4.27. The van der Waals surface area contributed by atoms with Gasteiger partial charge in [0.2, 0.25) is 5.88 Å². The second-order valence-electron chi connectivity index (χ2n) is 5.11. The van der Waals surface area contributed by atoms with Crippen LogP contribution in [-0.2, 0) is 6.61 Å². The van der Waals surface area contributed by atoms with Crippen LogP contribution in [0.15, 0.2) is 36.9 Å². The molecule has 21 heavy (non-hydrogen) atoms. The number of nitrogens with zero attached hydrogens (tertiary/aromatic N) is 4. The predicted octanol–water partition coefficient (Wildman–Crippen LogP) is 1.25. The Morgan fingerprint density at radius 1 is 1.33 bits per heavy atom. The fourth-order valence-electron chi connectivity index (χ4n) is 2.37. The van der Waals surface area contributed by atoms with Crippen molar-refractivity contribution in [3.63, 3.8) is 0 Å². The fraction of sp³-hybridized carbons (Fsp3) is 0.400. The SMILES string of the molecule is CC1CNCCN1c1cncc(OCc2cccnc2)n1. The molecule has 3 heterocycles. The lowest BCUT2D eigenvalue weighted by atomic mass is 10.2. The Labute approximate surface area is 124 Å². The Morgan fingerprint density at radius 3 is 3.10 bits per heavy atom. The summed E-state index contributed by atoms with van der Waals surface area (Å²) in [6.45, 7) is 5.48. The van der Waals surface area contributed by atoms with E-state index in [1.807, 2.05) is 12.1 Å². The molecule has 6 nitrogen and oxygen atoms in total. The minimum Gasteiger partial charge on any atom is -0.472 e. The van der Waals surface area contributed by atoms with Crippen LogP contribution in [0.5, 0.6) is 5.88 Å². The second-order valence-corrected chi connectivity index (χ2v) is 5.11. The van der Waals surface area contributed by atoms with Gasteiger partial charge in [-0.2, -0.15) is 4.98 Å². The van der Waals surface area contributed by atoms with E-state index in [1.165, 1.54) is 0 Å². The monoisotopic (exact) mass is 285 g/mol. The quantitative estimate of drug-likeness (QED) is 0.912. The zero-order chi connectivity index (χ0) is 14.5. The van der Waals surface area contributed by atoms with E-state index in [0.717, 1.165) is 31.0 Å². The van der Waals surface area contributed by atoms with Crippen LogP contribution in [0.3, 0.4) is 0 Å². The molecule has 0 saturated carbocycles. The number of pyridine rings is 1. The van der Waals surface area contributed by atoms with E-state index in [2.05, 4.69) is 32.1 Å². The van der Waals surface area contributed by atoms with E-state index in [9.17, 15) is 0 Å². The molecule has 1 saturated heterocycles. The van der Waals surface area contributed by atoms with Crippen LogP contribution in [0, 0.1) is 0 Å². The number of hydrogen-bond donors (Lipinski definition) is 1. The van der Waals surface area contributed by atoms with Gasteiger partial charge in [-0.25, -0.2) is 0 Å². The molecule has 1 N–H and O–H groups in total. The number of hydrogen-bond acceptors (Lipinski definition) is 6. The molecule has 0 spiro atoms.